The highest BCUT2D eigenvalue weighted by Gasteiger charge is 2.16. The summed E-state index contributed by atoms with van der Waals surface area (Å²) in [5.74, 6) is -0.203. The van der Waals surface area contributed by atoms with E-state index in [0.717, 1.165) is 49.1 Å². The van der Waals surface area contributed by atoms with Crippen molar-refractivity contribution < 1.29 is 4.79 Å². The van der Waals surface area contributed by atoms with Crippen molar-refractivity contribution in [3.8, 4) is 0 Å². The number of carbonyl (C=O) groups excluding carboxylic acids is 1. The van der Waals surface area contributed by atoms with Gasteiger partial charge in [-0.1, -0.05) is 48.5 Å². The molecule has 1 amide bonds. The number of nitrogens with one attached hydrogen (secondary N) is 1. The van der Waals surface area contributed by atoms with Crippen molar-refractivity contribution in [3.63, 3.8) is 0 Å². The largest absolute Gasteiger partial charge is 0.354 e. The number of aromatic nitrogens is 3. The number of hydrogen-bond donors (Lipinski definition) is 1. The highest BCUT2D eigenvalue weighted by molar-refractivity contribution is 5.84. The molecule has 0 spiro atoms. The van der Waals surface area contributed by atoms with Gasteiger partial charge in [-0.25, -0.2) is 4.68 Å². The minimum Gasteiger partial charge on any atom is -0.354 e. The van der Waals surface area contributed by atoms with E-state index in [4.69, 9.17) is 0 Å². The maximum Gasteiger partial charge on any atom is 0.275 e. The predicted octanol–water partition coefficient (Wildman–Crippen LogP) is 2.95. The topological polar surface area (TPSA) is 80.1 Å². The summed E-state index contributed by atoms with van der Waals surface area (Å²) >= 11 is 0. The Morgan fingerprint density at radius 3 is 2.60 bits per heavy atom. The van der Waals surface area contributed by atoms with E-state index < -0.39 is 0 Å². The Labute approximate surface area is 204 Å². The third-order valence-corrected chi connectivity index (χ3v) is 6.51. The fourth-order valence-corrected chi connectivity index (χ4v) is 4.71. The Morgan fingerprint density at radius 2 is 1.77 bits per heavy atom. The number of rotatable bonds is 8. The van der Waals surface area contributed by atoms with Gasteiger partial charge in [0.05, 0.1) is 11.1 Å². The minimum absolute atomic E-state index is 0.0964. The van der Waals surface area contributed by atoms with E-state index in [0.29, 0.717) is 18.4 Å². The number of amides is 1. The van der Waals surface area contributed by atoms with E-state index in [-0.39, 0.29) is 18.0 Å². The molecule has 2 aromatic carbocycles. The number of pyridine rings is 1. The van der Waals surface area contributed by atoms with Crippen molar-refractivity contribution in [1.29, 1.82) is 0 Å². The van der Waals surface area contributed by atoms with Crippen molar-refractivity contribution >= 4 is 16.7 Å². The average Bonchev–Trinajstić information content (AvgIpc) is 2.90. The Morgan fingerprint density at radius 1 is 0.971 bits per heavy atom. The van der Waals surface area contributed by atoms with Gasteiger partial charge in [0.15, 0.2) is 0 Å². The second-order valence-corrected chi connectivity index (χ2v) is 8.99. The minimum atomic E-state index is -0.252. The van der Waals surface area contributed by atoms with Crippen LogP contribution in [0.2, 0.25) is 0 Å². The normalized spacial score (nSPS) is 13.5. The molecule has 4 aromatic rings. The molecule has 5 rings (SSSR count). The van der Waals surface area contributed by atoms with Crippen molar-refractivity contribution in [1.82, 2.24) is 25.0 Å². The summed E-state index contributed by atoms with van der Waals surface area (Å²) in [5, 5.41) is 8.90. The predicted molar refractivity (Wildman–Crippen MR) is 136 cm³/mol. The molecule has 0 atom stereocenters. The van der Waals surface area contributed by atoms with E-state index in [9.17, 15) is 9.59 Å². The molecule has 2 aromatic heterocycles. The molecule has 3 heterocycles. The second kappa shape index (κ2) is 10.6. The fourth-order valence-electron chi connectivity index (χ4n) is 4.71. The maximum absolute atomic E-state index is 13.0. The molecule has 0 fully saturated rings. The number of fused-ring (bicyclic) bond motifs is 2. The quantitative estimate of drug-likeness (QED) is 0.403. The molecule has 35 heavy (non-hydrogen) atoms. The number of carbonyl (C=O) groups is 1. The lowest BCUT2D eigenvalue weighted by atomic mass is 10.00. The monoisotopic (exact) mass is 467 g/mol. The molecule has 0 radical (unpaired) electrons. The van der Waals surface area contributed by atoms with Crippen molar-refractivity contribution in [2.24, 2.45) is 0 Å². The smallest absolute Gasteiger partial charge is 0.275 e. The van der Waals surface area contributed by atoms with Gasteiger partial charge in [-0.2, -0.15) is 5.10 Å². The van der Waals surface area contributed by atoms with Crippen LogP contribution in [0.5, 0.6) is 0 Å². The van der Waals surface area contributed by atoms with Crippen molar-refractivity contribution in [2.45, 2.75) is 32.4 Å². The van der Waals surface area contributed by atoms with Crippen molar-refractivity contribution in [2.75, 3.05) is 19.6 Å². The molecule has 0 saturated carbocycles. The van der Waals surface area contributed by atoms with Crippen LogP contribution < -0.4 is 10.9 Å². The lowest BCUT2D eigenvalue weighted by molar-refractivity contribution is -0.121. The number of hydrogen-bond acceptors (Lipinski definition) is 5. The molecule has 0 bridgehead atoms. The number of benzene rings is 2. The van der Waals surface area contributed by atoms with Gasteiger partial charge in [0.2, 0.25) is 5.91 Å². The zero-order valence-corrected chi connectivity index (χ0v) is 19.7. The summed E-state index contributed by atoms with van der Waals surface area (Å²) < 4.78 is 1.28. The fraction of sp³-hybridized carbons (Fsp3) is 0.286. The van der Waals surface area contributed by atoms with Gasteiger partial charge in [-0.05, 0) is 41.7 Å². The molecule has 178 valence electrons. The molecule has 0 unspecified atom stereocenters. The zero-order valence-electron chi connectivity index (χ0n) is 19.7. The lowest BCUT2D eigenvalue weighted by Crippen LogP contribution is -2.36. The summed E-state index contributed by atoms with van der Waals surface area (Å²) in [6.07, 6.45) is 5.99. The van der Waals surface area contributed by atoms with Crippen LogP contribution >= 0.6 is 0 Å². The molecular weight excluding hydrogens is 438 g/mol. The SMILES string of the molecule is O=C(Cn1nc(Cc2cccnc2)c2ccccc2c1=O)NCCCN1CCc2ccccc2C1. The summed E-state index contributed by atoms with van der Waals surface area (Å²) in [5.41, 5.74) is 4.34. The highest BCUT2D eigenvalue weighted by atomic mass is 16.2. The van der Waals surface area contributed by atoms with Crippen LogP contribution in [0.3, 0.4) is 0 Å². The van der Waals surface area contributed by atoms with Gasteiger partial charge >= 0.3 is 0 Å². The van der Waals surface area contributed by atoms with Crippen molar-refractivity contribution in [3.05, 3.63) is 106 Å². The molecule has 7 heteroatoms. The van der Waals surface area contributed by atoms with Crippen LogP contribution in [0.15, 0.2) is 77.9 Å². The van der Waals surface area contributed by atoms with Crippen LogP contribution in [0.25, 0.3) is 10.8 Å². The molecule has 0 saturated heterocycles. The Kier molecular flexibility index (Phi) is 6.95. The summed E-state index contributed by atoms with van der Waals surface area (Å²) in [7, 11) is 0. The Bertz CT molecular complexity index is 1380. The zero-order chi connectivity index (χ0) is 24.0. The van der Waals surface area contributed by atoms with Crippen LogP contribution in [0.4, 0.5) is 0 Å². The van der Waals surface area contributed by atoms with E-state index in [2.05, 4.69) is 44.6 Å². The van der Waals surface area contributed by atoms with Gasteiger partial charge in [0.25, 0.3) is 5.56 Å². The van der Waals surface area contributed by atoms with Gasteiger partial charge in [0, 0.05) is 50.4 Å². The van der Waals surface area contributed by atoms with Gasteiger partial charge in [0.1, 0.15) is 6.54 Å². The molecular formula is C28H29N5O2. The average molecular weight is 468 g/mol. The molecule has 0 aliphatic carbocycles. The first-order valence-electron chi connectivity index (χ1n) is 12.1. The standard InChI is InChI=1S/C28H29N5O2/c34-27(30-14-6-15-32-16-12-22-8-1-2-9-23(22)19-32)20-33-28(35)25-11-4-3-10-24(25)26(31-33)17-21-7-5-13-29-18-21/h1-5,7-11,13,18H,6,12,14-17,19-20H2,(H,30,34). The van der Waals surface area contributed by atoms with E-state index in [1.807, 2.05) is 30.3 Å². The summed E-state index contributed by atoms with van der Waals surface area (Å²) in [4.78, 5) is 32.3. The van der Waals surface area contributed by atoms with Gasteiger partial charge < -0.3 is 5.32 Å². The van der Waals surface area contributed by atoms with E-state index in [1.165, 1.54) is 15.8 Å². The maximum atomic E-state index is 13.0. The van der Waals surface area contributed by atoms with Crippen LogP contribution in [-0.2, 0) is 30.7 Å². The second-order valence-electron chi connectivity index (χ2n) is 8.99. The van der Waals surface area contributed by atoms with Crippen LogP contribution in [0, 0.1) is 0 Å². The Balaban J connectivity index is 1.20. The summed E-state index contributed by atoms with van der Waals surface area (Å²) in [6, 6.07) is 19.9. The molecule has 1 N–H and O–H groups in total. The third-order valence-electron chi connectivity index (χ3n) is 6.51. The van der Waals surface area contributed by atoms with E-state index >= 15 is 0 Å². The van der Waals surface area contributed by atoms with Gasteiger partial charge in [-0.3, -0.25) is 19.5 Å². The first-order chi connectivity index (χ1) is 17.2. The third kappa shape index (κ3) is 5.46. The highest BCUT2D eigenvalue weighted by Crippen LogP contribution is 2.18. The lowest BCUT2D eigenvalue weighted by Gasteiger charge is -2.28. The van der Waals surface area contributed by atoms with Gasteiger partial charge in [-0.15, -0.1) is 0 Å². The summed E-state index contributed by atoms with van der Waals surface area (Å²) in [6.45, 7) is 3.40. The van der Waals surface area contributed by atoms with Crippen LogP contribution in [0.1, 0.15) is 28.8 Å². The van der Waals surface area contributed by atoms with E-state index in [1.54, 1.807) is 18.5 Å². The number of nitrogens with zero attached hydrogens (tertiary/aromatic N) is 4. The first kappa shape index (κ1) is 22.9. The molecule has 1 aliphatic heterocycles. The Hall–Kier alpha value is -3.84. The molecule has 1 aliphatic rings. The van der Waals surface area contributed by atoms with Crippen LogP contribution in [-0.4, -0.2) is 45.2 Å². The first-order valence-corrected chi connectivity index (χ1v) is 12.1. The molecule has 7 nitrogen and oxygen atoms in total.